The molecule has 0 fully saturated rings. The van der Waals surface area contributed by atoms with Crippen molar-refractivity contribution in [1.29, 1.82) is 0 Å². The Morgan fingerprint density at radius 3 is 2.93 bits per heavy atom. The lowest BCUT2D eigenvalue weighted by Gasteiger charge is -2.07. The molecule has 0 saturated heterocycles. The Kier molecular flexibility index (Phi) is 4.71. The molecule has 28 heavy (non-hydrogen) atoms. The SMILES string of the molecule is O=C(NCCn1ncc2c(=O)n(Cc3cccc(F)c3)cnc21)c1ccco1. The summed E-state index contributed by atoms with van der Waals surface area (Å²) in [5.74, 6) is -0.459. The lowest BCUT2D eigenvalue weighted by atomic mass is 10.2. The van der Waals surface area contributed by atoms with E-state index in [0.29, 0.717) is 29.7 Å². The highest BCUT2D eigenvalue weighted by atomic mass is 19.1. The molecule has 142 valence electrons. The lowest BCUT2D eigenvalue weighted by molar-refractivity contribution is 0.0924. The standard InChI is InChI=1S/C19H16FN5O3/c20-14-4-1-3-13(9-14)11-24-12-22-17-15(19(24)27)10-23-25(17)7-6-21-18(26)16-5-2-8-28-16/h1-5,8-10,12H,6-7,11H2,(H,21,26). The van der Waals surface area contributed by atoms with Crippen molar-refractivity contribution >= 4 is 16.9 Å². The van der Waals surface area contributed by atoms with Crippen molar-refractivity contribution in [2.45, 2.75) is 13.1 Å². The molecule has 1 N–H and O–H groups in total. The fourth-order valence-electron chi connectivity index (χ4n) is 2.88. The van der Waals surface area contributed by atoms with Gasteiger partial charge in [-0.05, 0) is 29.8 Å². The molecule has 0 bridgehead atoms. The summed E-state index contributed by atoms with van der Waals surface area (Å²) in [6.07, 6.45) is 4.28. The molecule has 1 aromatic carbocycles. The number of nitrogens with one attached hydrogen (secondary N) is 1. The van der Waals surface area contributed by atoms with E-state index in [2.05, 4.69) is 15.4 Å². The number of rotatable bonds is 6. The first-order chi connectivity index (χ1) is 13.6. The fourth-order valence-corrected chi connectivity index (χ4v) is 2.88. The van der Waals surface area contributed by atoms with Crippen LogP contribution in [-0.2, 0) is 13.1 Å². The summed E-state index contributed by atoms with van der Waals surface area (Å²) < 4.78 is 21.3. The second-order valence-corrected chi connectivity index (χ2v) is 6.15. The summed E-state index contributed by atoms with van der Waals surface area (Å²) in [6, 6.07) is 9.27. The molecule has 0 atom stereocenters. The Morgan fingerprint density at radius 2 is 2.14 bits per heavy atom. The quantitative estimate of drug-likeness (QED) is 0.550. The van der Waals surface area contributed by atoms with Crippen LogP contribution in [-0.4, -0.2) is 31.8 Å². The number of benzene rings is 1. The Labute approximate surface area is 158 Å². The van der Waals surface area contributed by atoms with Gasteiger partial charge in [-0.15, -0.1) is 0 Å². The van der Waals surface area contributed by atoms with Gasteiger partial charge in [-0.3, -0.25) is 14.2 Å². The summed E-state index contributed by atoms with van der Waals surface area (Å²) in [7, 11) is 0. The number of amides is 1. The van der Waals surface area contributed by atoms with Gasteiger partial charge in [-0.2, -0.15) is 5.10 Å². The number of fused-ring (bicyclic) bond motifs is 1. The van der Waals surface area contributed by atoms with Gasteiger partial charge in [0, 0.05) is 6.54 Å². The third-order valence-corrected chi connectivity index (χ3v) is 4.22. The molecule has 0 saturated carbocycles. The Morgan fingerprint density at radius 1 is 1.25 bits per heavy atom. The maximum absolute atomic E-state index is 13.3. The van der Waals surface area contributed by atoms with E-state index in [0.717, 1.165) is 0 Å². The van der Waals surface area contributed by atoms with E-state index >= 15 is 0 Å². The van der Waals surface area contributed by atoms with Crippen LogP contribution in [0, 0.1) is 5.82 Å². The maximum Gasteiger partial charge on any atom is 0.287 e. The van der Waals surface area contributed by atoms with Crippen molar-refractivity contribution in [1.82, 2.24) is 24.6 Å². The molecule has 0 spiro atoms. The minimum atomic E-state index is -0.357. The zero-order chi connectivity index (χ0) is 19.5. The van der Waals surface area contributed by atoms with Gasteiger partial charge in [0.2, 0.25) is 0 Å². The van der Waals surface area contributed by atoms with E-state index in [1.807, 2.05) is 0 Å². The molecule has 4 aromatic rings. The first-order valence-electron chi connectivity index (χ1n) is 8.59. The molecular weight excluding hydrogens is 365 g/mol. The van der Waals surface area contributed by atoms with Gasteiger partial charge >= 0.3 is 0 Å². The molecule has 0 unspecified atom stereocenters. The van der Waals surface area contributed by atoms with Crippen LogP contribution in [0.4, 0.5) is 4.39 Å². The lowest BCUT2D eigenvalue weighted by Crippen LogP contribution is -2.27. The van der Waals surface area contributed by atoms with Crippen LogP contribution in [0.3, 0.4) is 0 Å². The van der Waals surface area contributed by atoms with E-state index < -0.39 is 0 Å². The van der Waals surface area contributed by atoms with Gasteiger partial charge in [0.05, 0.1) is 25.5 Å². The first-order valence-corrected chi connectivity index (χ1v) is 8.59. The van der Waals surface area contributed by atoms with E-state index in [1.54, 1.807) is 28.9 Å². The zero-order valence-corrected chi connectivity index (χ0v) is 14.7. The number of carbonyl (C=O) groups is 1. The molecule has 0 aliphatic carbocycles. The van der Waals surface area contributed by atoms with Gasteiger partial charge in [0.1, 0.15) is 17.5 Å². The molecule has 3 heterocycles. The van der Waals surface area contributed by atoms with Crippen LogP contribution < -0.4 is 10.9 Å². The van der Waals surface area contributed by atoms with E-state index in [9.17, 15) is 14.0 Å². The fraction of sp³-hybridized carbons (Fsp3) is 0.158. The normalized spacial score (nSPS) is 11.0. The largest absolute Gasteiger partial charge is 0.459 e. The van der Waals surface area contributed by atoms with Crippen molar-refractivity contribution in [2.24, 2.45) is 0 Å². The van der Waals surface area contributed by atoms with Crippen LogP contribution in [0.5, 0.6) is 0 Å². The number of hydrogen-bond donors (Lipinski definition) is 1. The number of halogens is 1. The number of aromatic nitrogens is 4. The third-order valence-electron chi connectivity index (χ3n) is 4.22. The van der Waals surface area contributed by atoms with Crippen molar-refractivity contribution in [2.75, 3.05) is 6.54 Å². The highest BCUT2D eigenvalue weighted by Crippen LogP contribution is 2.08. The molecule has 0 radical (unpaired) electrons. The van der Waals surface area contributed by atoms with Crippen LogP contribution in [0.15, 0.2) is 64.4 Å². The Bertz CT molecular complexity index is 1180. The highest BCUT2D eigenvalue weighted by molar-refractivity contribution is 5.91. The van der Waals surface area contributed by atoms with Crippen molar-refractivity contribution in [3.8, 4) is 0 Å². The molecule has 0 aliphatic rings. The van der Waals surface area contributed by atoms with E-state index in [1.165, 1.54) is 35.5 Å². The van der Waals surface area contributed by atoms with Crippen LogP contribution in [0.25, 0.3) is 11.0 Å². The minimum absolute atomic E-state index is 0.212. The van der Waals surface area contributed by atoms with Crippen molar-refractivity contribution < 1.29 is 13.6 Å². The number of nitrogens with zero attached hydrogens (tertiary/aromatic N) is 4. The number of furan rings is 1. The zero-order valence-electron chi connectivity index (χ0n) is 14.7. The van der Waals surface area contributed by atoms with Crippen LogP contribution >= 0.6 is 0 Å². The van der Waals surface area contributed by atoms with Gasteiger partial charge < -0.3 is 9.73 Å². The van der Waals surface area contributed by atoms with E-state index in [4.69, 9.17) is 4.42 Å². The van der Waals surface area contributed by atoms with Gasteiger partial charge in [0.25, 0.3) is 11.5 Å². The van der Waals surface area contributed by atoms with Crippen molar-refractivity contribution in [3.05, 3.63) is 82.7 Å². The first kappa shape index (κ1) is 17.7. The summed E-state index contributed by atoms with van der Waals surface area (Å²) in [5, 5.41) is 7.25. The molecule has 8 nitrogen and oxygen atoms in total. The summed E-state index contributed by atoms with van der Waals surface area (Å²) in [5.41, 5.74) is 0.823. The molecule has 0 aliphatic heterocycles. The molecule has 4 rings (SSSR count). The average molecular weight is 381 g/mol. The van der Waals surface area contributed by atoms with E-state index in [-0.39, 0.29) is 29.6 Å². The van der Waals surface area contributed by atoms with Gasteiger partial charge in [-0.1, -0.05) is 12.1 Å². The monoisotopic (exact) mass is 381 g/mol. The Balaban J connectivity index is 1.48. The minimum Gasteiger partial charge on any atom is -0.459 e. The maximum atomic E-state index is 13.3. The highest BCUT2D eigenvalue weighted by Gasteiger charge is 2.12. The van der Waals surface area contributed by atoms with Gasteiger partial charge in [0.15, 0.2) is 11.4 Å². The van der Waals surface area contributed by atoms with Gasteiger partial charge in [-0.25, -0.2) is 14.1 Å². The topological polar surface area (TPSA) is 95.0 Å². The van der Waals surface area contributed by atoms with Crippen molar-refractivity contribution in [3.63, 3.8) is 0 Å². The summed E-state index contributed by atoms with van der Waals surface area (Å²) in [4.78, 5) is 28.8. The number of carbonyl (C=O) groups excluding carboxylic acids is 1. The predicted octanol–water partition coefficient (Wildman–Crippen LogP) is 1.80. The summed E-state index contributed by atoms with van der Waals surface area (Å²) >= 11 is 0. The number of hydrogen-bond acceptors (Lipinski definition) is 5. The smallest absolute Gasteiger partial charge is 0.287 e. The molecule has 1 amide bonds. The average Bonchev–Trinajstić information content (AvgIpc) is 3.35. The second-order valence-electron chi connectivity index (χ2n) is 6.15. The summed E-state index contributed by atoms with van der Waals surface area (Å²) in [6.45, 7) is 0.852. The third kappa shape index (κ3) is 3.54. The molecule has 9 heteroatoms. The second kappa shape index (κ2) is 7.47. The predicted molar refractivity (Wildman–Crippen MR) is 98.3 cm³/mol. The van der Waals surface area contributed by atoms with Crippen LogP contribution in [0.2, 0.25) is 0 Å². The molecular formula is C19H16FN5O3. The molecule has 3 aromatic heterocycles. The Hall–Kier alpha value is -3.75. The van der Waals surface area contributed by atoms with Crippen LogP contribution in [0.1, 0.15) is 16.1 Å².